The SMILES string of the molecule is COc1cc2ccccc2cc1C(=O)NNC(=O)COc1cc(C)cc(C)c1. The van der Waals surface area contributed by atoms with Gasteiger partial charge in [0, 0.05) is 0 Å². The molecule has 0 spiro atoms. The summed E-state index contributed by atoms with van der Waals surface area (Å²) in [6.45, 7) is 3.70. The van der Waals surface area contributed by atoms with Gasteiger partial charge in [0.2, 0.25) is 0 Å². The maximum Gasteiger partial charge on any atom is 0.276 e. The highest BCUT2D eigenvalue weighted by atomic mass is 16.5. The van der Waals surface area contributed by atoms with Gasteiger partial charge in [-0.2, -0.15) is 0 Å². The predicted molar refractivity (Wildman–Crippen MR) is 108 cm³/mol. The summed E-state index contributed by atoms with van der Waals surface area (Å²) in [5.74, 6) is 0.0988. The topological polar surface area (TPSA) is 76.7 Å². The van der Waals surface area contributed by atoms with Crippen LogP contribution in [0.2, 0.25) is 0 Å². The van der Waals surface area contributed by atoms with Crippen molar-refractivity contribution >= 4 is 22.6 Å². The molecule has 3 rings (SSSR count). The number of fused-ring (bicyclic) bond motifs is 1. The van der Waals surface area contributed by atoms with Crippen LogP contribution < -0.4 is 20.3 Å². The molecule has 3 aromatic carbocycles. The van der Waals surface area contributed by atoms with E-state index in [-0.39, 0.29) is 6.61 Å². The van der Waals surface area contributed by atoms with E-state index in [1.54, 1.807) is 12.1 Å². The predicted octanol–water partition coefficient (Wildman–Crippen LogP) is 3.31. The van der Waals surface area contributed by atoms with Crippen molar-refractivity contribution in [1.29, 1.82) is 0 Å². The molecule has 0 saturated heterocycles. The molecular weight excluding hydrogens is 356 g/mol. The second kappa shape index (κ2) is 8.43. The van der Waals surface area contributed by atoms with Crippen molar-refractivity contribution in [3.8, 4) is 11.5 Å². The highest BCUT2D eigenvalue weighted by molar-refractivity contribution is 6.02. The molecule has 0 aromatic heterocycles. The fraction of sp³-hybridized carbons (Fsp3) is 0.182. The molecule has 6 nitrogen and oxygen atoms in total. The van der Waals surface area contributed by atoms with E-state index in [1.807, 2.05) is 56.3 Å². The average molecular weight is 378 g/mol. The molecule has 0 radical (unpaired) electrons. The van der Waals surface area contributed by atoms with Crippen LogP contribution in [0.5, 0.6) is 11.5 Å². The number of amides is 2. The number of nitrogens with one attached hydrogen (secondary N) is 2. The Bertz CT molecular complexity index is 1010. The van der Waals surface area contributed by atoms with Gasteiger partial charge in [-0.05, 0) is 60.0 Å². The van der Waals surface area contributed by atoms with Crippen LogP contribution in [0.1, 0.15) is 21.5 Å². The third kappa shape index (κ3) is 4.59. The normalized spacial score (nSPS) is 10.4. The summed E-state index contributed by atoms with van der Waals surface area (Å²) in [7, 11) is 1.50. The van der Waals surface area contributed by atoms with Gasteiger partial charge in [0.15, 0.2) is 6.61 Å². The summed E-state index contributed by atoms with van der Waals surface area (Å²) in [6.07, 6.45) is 0. The van der Waals surface area contributed by atoms with Crippen molar-refractivity contribution in [3.63, 3.8) is 0 Å². The summed E-state index contributed by atoms with van der Waals surface area (Å²) in [4.78, 5) is 24.5. The third-order valence-electron chi connectivity index (χ3n) is 4.19. The Morgan fingerprint density at radius 3 is 2.18 bits per heavy atom. The number of aryl methyl sites for hydroxylation is 2. The monoisotopic (exact) mass is 378 g/mol. The molecule has 0 bridgehead atoms. The molecule has 0 saturated carbocycles. The van der Waals surface area contributed by atoms with Gasteiger partial charge in [-0.1, -0.05) is 30.3 Å². The number of benzene rings is 3. The van der Waals surface area contributed by atoms with Gasteiger partial charge < -0.3 is 9.47 Å². The van der Waals surface area contributed by atoms with E-state index < -0.39 is 11.8 Å². The Hall–Kier alpha value is -3.54. The Kier molecular flexibility index (Phi) is 5.79. The fourth-order valence-electron chi connectivity index (χ4n) is 2.96. The van der Waals surface area contributed by atoms with Gasteiger partial charge in [0.05, 0.1) is 12.7 Å². The fourth-order valence-corrected chi connectivity index (χ4v) is 2.96. The molecule has 28 heavy (non-hydrogen) atoms. The van der Waals surface area contributed by atoms with E-state index in [2.05, 4.69) is 10.9 Å². The number of rotatable bonds is 5. The summed E-state index contributed by atoms with van der Waals surface area (Å²) in [5.41, 5.74) is 7.19. The molecule has 144 valence electrons. The highest BCUT2D eigenvalue weighted by Crippen LogP contribution is 2.25. The zero-order chi connectivity index (χ0) is 20.1. The zero-order valence-electron chi connectivity index (χ0n) is 16.0. The first-order valence-electron chi connectivity index (χ1n) is 8.83. The molecular formula is C22H22N2O4. The quantitative estimate of drug-likeness (QED) is 0.668. The number of hydrogen-bond donors (Lipinski definition) is 2. The van der Waals surface area contributed by atoms with E-state index in [4.69, 9.17) is 9.47 Å². The van der Waals surface area contributed by atoms with E-state index in [9.17, 15) is 9.59 Å². The summed E-state index contributed by atoms with van der Waals surface area (Å²) < 4.78 is 10.8. The van der Waals surface area contributed by atoms with Crippen LogP contribution in [0.3, 0.4) is 0 Å². The lowest BCUT2D eigenvalue weighted by atomic mass is 10.1. The highest BCUT2D eigenvalue weighted by Gasteiger charge is 2.14. The van der Waals surface area contributed by atoms with Gasteiger partial charge in [-0.25, -0.2) is 0 Å². The second-order valence-corrected chi connectivity index (χ2v) is 6.51. The minimum Gasteiger partial charge on any atom is -0.496 e. The van der Waals surface area contributed by atoms with Crippen molar-refractivity contribution in [2.24, 2.45) is 0 Å². The lowest BCUT2D eigenvalue weighted by molar-refractivity contribution is -0.123. The Balaban J connectivity index is 1.61. The molecule has 2 N–H and O–H groups in total. The number of hydrazine groups is 1. The van der Waals surface area contributed by atoms with Gasteiger partial charge in [0.25, 0.3) is 11.8 Å². The number of hydrogen-bond acceptors (Lipinski definition) is 4. The van der Waals surface area contributed by atoms with E-state index in [0.717, 1.165) is 21.9 Å². The molecule has 0 aliphatic carbocycles. The maximum atomic E-state index is 12.5. The largest absolute Gasteiger partial charge is 0.496 e. The summed E-state index contributed by atoms with van der Waals surface area (Å²) in [6, 6.07) is 16.9. The number of ether oxygens (including phenoxy) is 2. The second-order valence-electron chi connectivity index (χ2n) is 6.51. The Morgan fingerprint density at radius 1 is 0.893 bits per heavy atom. The van der Waals surface area contributed by atoms with Crippen LogP contribution in [0.4, 0.5) is 0 Å². The number of methoxy groups -OCH3 is 1. The smallest absolute Gasteiger partial charge is 0.276 e. The Labute approximate surface area is 163 Å². The molecule has 0 aliphatic rings. The third-order valence-corrected chi connectivity index (χ3v) is 4.19. The van der Waals surface area contributed by atoms with Gasteiger partial charge >= 0.3 is 0 Å². The van der Waals surface area contributed by atoms with Crippen molar-refractivity contribution in [2.75, 3.05) is 13.7 Å². The molecule has 0 heterocycles. The van der Waals surface area contributed by atoms with Crippen LogP contribution in [-0.2, 0) is 4.79 Å². The molecule has 0 fully saturated rings. The lowest BCUT2D eigenvalue weighted by Gasteiger charge is -2.12. The van der Waals surface area contributed by atoms with Crippen molar-refractivity contribution in [2.45, 2.75) is 13.8 Å². The first-order chi connectivity index (χ1) is 13.5. The van der Waals surface area contributed by atoms with Gasteiger partial charge in [-0.15, -0.1) is 0 Å². The van der Waals surface area contributed by atoms with E-state index in [0.29, 0.717) is 17.1 Å². The molecule has 0 aliphatic heterocycles. The van der Waals surface area contributed by atoms with Gasteiger partial charge in [0.1, 0.15) is 11.5 Å². The molecule has 0 unspecified atom stereocenters. The van der Waals surface area contributed by atoms with Crippen molar-refractivity contribution < 1.29 is 19.1 Å². The molecule has 3 aromatic rings. The zero-order valence-corrected chi connectivity index (χ0v) is 16.0. The first-order valence-corrected chi connectivity index (χ1v) is 8.83. The minimum absolute atomic E-state index is 0.210. The van der Waals surface area contributed by atoms with Crippen LogP contribution in [0, 0.1) is 13.8 Å². The summed E-state index contributed by atoms with van der Waals surface area (Å²) in [5, 5.41) is 1.86. The molecule has 2 amide bonds. The standard InChI is InChI=1S/C22H22N2O4/c1-14-8-15(2)10-18(9-14)28-13-21(25)23-24-22(26)19-11-16-6-4-5-7-17(16)12-20(19)27-3/h4-12H,13H2,1-3H3,(H,23,25)(H,24,26). The molecule has 6 heteroatoms. The molecule has 0 atom stereocenters. The van der Waals surface area contributed by atoms with Gasteiger partial charge in [-0.3, -0.25) is 20.4 Å². The number of carbonyl (C=O) groups is 2. The van der Waals surface area contributed by atoms with Crippen molar-refractivity contribution in [1.82, 2.24) is 10.9 Å². The van der Waals surface area contributed by atoms with Crippen LogP contribution in [-0.4, -0.2) is 25.5 Å². The lowest BCUT2D eigenvalue weighted by Crippen LogP contribution is -2.43. The maximum absolute atomic E-state index is 12.5. The summed E-state index contributed by atoms with van der Waals surface area (Å²) >= 11 is 0. The van der Waals surface area contributed by atoms with Crippen molar-refractivity contribution in [3.05, 3.63) is 71.3 Å². The van der Waals surface area contributed by atoms with E-state index >= 15 is 0 Å². The Morgan fingerprint density at radius 2 is 1.54 bits per heavy atom. The first kappa shape index (κ1) is 19.2. The minimum atomic E-state index is -0.470. The average Bonchev–Trinajstić information content (AvgIpc) is 2.68. The van der Waals surface area contributed by atoms with Crippen LogP contribution in [0.15, 0.2) is 54.6 Å². The van der Waals surface area contributed by atoms with Crippen LogP contribution in [0.25, 0.3) is 10.8 Å². The van der Waals surface area contributed by atoms with Crippen LogP contribution >= 0.6 is 0 Å². The number of carbonyl (C=O) groups excluding carboxylic acids is 2. The van der Waals surface area contributed by atoms with E-state index in [1.165, 1.54) is 7.11 Å².